The van der Waals surface area contributed by atoms with E-state index in [0.29, 0.717) is 0 Å². The van der Waals surface area contributed by atoms with E-state index < -0.39 is 20.3 Å². The summed E-state index contributed by atoms with van der Waals surface area (Å²) in [7, 11) is -4.23. The Bertz CT molecular complexity index is 691. The van der Waals surface area contributed by atoms with Crippen LogP contribution in [0.4, 0.5) is 0 Å². The van der Waals surface area contributed by atoms with Crippen LogP contribution in [0, 0.1) is 5.41 Å². The minimum absolute atomic E-state index is 0.279. The fourth-order valence-corrected chi connectivity index (χ4v) is 4.21. The molecule has 1 aromatic carbocycles. The number of hydrogen-bond acceptors (Lipinski definition) is 2. The molecule has 0 aromatic heterocycles. The highest BCUT2D eigenvalue weighted by molar-refractivity contribution is 7.87. The van der Waals surface area contributed by atoms with Crippen LogP contribution >= 0.6 is 0 Å². The lowest BCUT2D eigenvalue weighted by Gasteiger charge is -2.42. The van der Waals surface area contributed by atoms with Crippen LogP contribution in [0.25, 0.3) is 5.57 Å². The molecule has 1 aliphatic carbocycles. The van der Waals surface area contributed by atoms with Gasteiger partial charge in [0.1, 0.15) is 4.75 Å². The molecule has 0 amide bonds. The van der Waals surface area contributed by atoms with Gasteiger partial charge in [0.15, 0.2) is 0 Å². The molecule has 0 bridgehead atoms. The first-order chi connectivity index (χ1) is 9.58. The van der Waals surface area contributed by atoms with Crippen molar-refractivity contribution in [3.8, 4) is 0 Å². The largest absolute Gasteiger partial charge is 0.285 e. The van der Waals surface area contributed by atoms with Gasteiger partial charge >= 0.3 is 0 Å². The van der Waals surface area contributed by atoms with Gasteiger partial charge in [-0.05, 0) is 35.5 Å². The Morgan fingerprint density at radius 2 is 1.71 bits per heavy atom. The van der Waals surface area contributed by atoms with Crippen molar-refractivity contribution in [2.24, 2.45) is 5.41 Å². The van der Waals surface area contributed by atoms with E-state index in [9.17, 15) is 13.0 Å². The van der Waals surface area contributed by atoms with Gasteiger partial charge in [-0.3, -0.25) is 4.55 Å². The zero-order valence-electron chi connectivity index (χ0n) is 12.9. The fourth-order valence-electron chi connectivity index (χ4n) is 2.87. The minimum Gasteiger partial charge on any atom is -0.285 e. The highest BCUT2D eigenvalue weighted by atomic mass is 32.2. The normalized spacial score (nSPS) is 23.5. The first-order valence-corrected chi connectivity index (χ1v) is 8.44. The monoisotopic (exact) mass is 306 g/mol. The second-order valence-corrected chi connectivity index (χ2v) is 8.33. The predicted octanol–water partition coefficient (Wildman–Crippen LogP) is 4.09. The summed E-state index contributed by atoms with van der Waals surface area (Å²) in [5.74, 6) is 0. The number of benzene rings is 1. The molecule has 1 N–H and O–H groups in total. The SMILES string of the molecule is CC1=C(c2ccccc2)CC(C(C)(C)C)(S(=O)(=O)O)C=C1. The lowest BCUT2D eigenvalue weighted by Crippen LogP contribution is -2.49. The molecule has 0 saturated heterocycles. The average Bonchev–Trinajstić information content (AvgIpc) is 2.37. The van der Waals surface area contributed by atoms with Gasteiger partial charge in [0.25, 0.3) is 10.1 Å². The minimum atomic E-state index is -4.23. The van der Waals surface area contributed by atoms with Crippen LogP contribution in [-0.2, 0) is 10.1 Å². The van der Waals surface area contributed by atoms with Crippen LogP contribution in [0.15, 0.2) is 48.1 Å². The zero-order chi connectivity index (χ0) is 15.9. The molecular formula is C17H22O3S. The maximum Gasteiger partial charge on any atom is 0.275 e. The Hall–Kier alpha value is -1.39. The Morgan fingerprint density at radius 1 is 1.14 bits per heavy atom. The highest BCUT2D eigenvalue weighted by Gasteiger charge is 2.52. The smallest absolute Gasteiger partial charge is 0.275 e. The van der Waals surface area contributed by atoms with E-state index in [-0.39, 0.29) is 6.42 Å². The molecular weight excluding hydrogens is 284 g/mol. The van der Waals surface area contributed by atoms with Crippen LogP contribution in [0.3, 0.4) is 0 Å². The molecule has 0 fully saturated rings. The van der Waals surface area contributed by atoms with E-state index in [1.807, 2.05) is 64.1 Å². The molecule has 1 aliphatic rings. The standard InChI is InChI=1S/C17H22O3S/c1-13-10-11-17(16(2,3)4,21(18,19)20)12-15(13)14-8-6-5-7-9-14/h5-11H,12H2,1-4H3,(H,18,19,20). The van der Waals surface area contributed by atoms with Crippen LogP contribution in [-0.4, -0.2) is 17.7 Å². The first kappa shape index (κ1) is 16.0. The molecule has 1 unspecified atom stereocenters. The van der Waals surface area contributed by atoms with Crippen molar-refractivity contribution >= 4 is 15.7 Å². The summed E-state index contributed by atoms with van der Waals surface area (Å²) < 4.78 is 32.8. The third kappa shape index (κ3) is 2.70. The van der Waals surface area contributed by atoms with Crippen molar-refractivity contribution in [2.45, 2.75) is 38.9 Å². The van der Waals surface area contributed by atoms with Crippen molar-refractivity contribution in [3.63, 3.8) is 0 Å². The molecule has 0 aliphatic heterocycles. The Morgan fingerprint density at radius 3 is 2.19 bits per heavy atom. The molecule has 1 atom stereocenters. The van der Waals surface area contributed by atoms with Crippen molar-refractivity contribution in [1.29, 1.82) is 0 Å². The van der Waals surface area contributed by atoms with Crippen molar-refractivity contribution < 1.29 is 13.0 Å². The summed E-state index contributed by atoms with van der Waals surface area (Å²) in [6.07, 6.45) is 3.73. The summed E-state index contributed by atoms with van der Waals surface area (Å²) in [4.78, 5) is 0. The summed E-state index contributed by atoms with van der Waals surface area (Å²) >= 11 is 0. The lowest BCUT2D eigenvalue weighted by molar-refractivity contribution is 0.292. The molecule has 21 heavy (non-hydrogen) atoms. The van der Waals surface area contributed by atoms with Gasteiger partial charge in [-0.15, -0.1) is 0 Å². The van der Waals surface area contributed by atoms with Crippen LogP contribution in [0.5, 0.6) is 0 Å². The number of hydrogen-bond donors (Lipinski definition) is 1. The molecule has 0 radical (unpaired) electrons. The zero-order valence-corrected chi connectivity index (χ0v) is 13.7. The number of allylic oxidation sites excluding steroid dienone is 3. The van der Waals surface area contributed by atoms with E-state index in [1.54, 1.807) is 6.08 Å². The van der Waals surface area contributed by atoms with Gasteiger partial charge in [-0.1, -0.05) is 63.3 Å². The van der Waals surface area contributed by atoms with Gasteiger partial charge in [0, 0.05) is 0 Å². The number of rotatable bonds is 2. The van der Waals surface area contributed by atoms with Crippen molar-refractivity contribution in [2.75, 3.05) is 0 Å². The molecule has 114 valence electrons. The second-order valence-electron chi connectivity index (χ2n) is 6.65. The molecule has 1 aromatic rings. The molecule has 4 heteroatoms. The van der Waals surface area contributed by atoms with E-state index in [2.05, 4.69) is 0 Å². The van der Waals surface area contributed by atoms with E-state index in [1.165, 1.54) is 0 Å². The van der Waals surface area contributed by atoms with Crippen molar-refractivity contribution in [3.05, 3.63) is 53.6 Å². The van der Waals surface area contributed by atoms with E-state index in [0.717, 1.165) is 16.7 Å². The molecule has 0 spiro atoms. The first-order valence-electron chi connectivity index (χ1n) is 7.00. The van der Waals surface area contributed by atoms with Crippen molar-refractivity contribution in [1.82, 2.24) is 0 Å². The molecule has 3 nitrogen and oxygen atoms in total. The Balaban J connectivity index is 2.61. The Kier molecular flexibility index (Phi) is 3.89. The third-order valence-electron chi connectivity index (χ3n) is 4.37. The quantitative estimate of drug-likeness (QED) is 0.837. The van der Waals surface area contributed by atoms with Crippen LogP contribution in [0.2, 0.25) is 0 Å². The summed E-state index contributed by atoms with van der Waals surface area (Å²) in [5.41, 5.74) is 2.38. The summed E-state index contributed by atoms with van der Waals surface area (Å²) in [6, 6.07) is 9.73. The van der Waals surface area contributed by atoms with Gasteiger partial charge in [0.05, 0.1) is 0 Å². The fraction of sp³-hybridized carbons (Fsp3) is 0.412. The van der Waals surface area contributed by atoms with E-state index in [4.69, 9.17) is 0 Å². The summed E-state index contributed by atoms with van der Waals surface area (Å²) in [5, 5.41) is 0. The Labute approximate surface area is 127 Å². The summed E-state index contributed by atoms with van der Waals surface area (Å²) in [6.45, 7) is 7.49. The lowest BCUT2D eigenvalue weighted by atomic mass is 9.72. The van der Waals surface area contributed by atoms with Crippen LogP contribution < -0.4 is 0 Å². The third-order valence-corrected chi connectivity index (χ3v) is 6.18. The molecule has 0 saturated carbocycles. The second kappa shape index (κ2) is 5.11. The maximum atomic E-state index is 12.1. The maximum absolute atomic E-state index is 12.1. The predicted molar refractivity (Wildman–Crippen MR) is 86.5 cm³/mol. The van der Waals surface area contributed by atoms with Gasteiger partial charge in [-0.2, -0.15) is 8.42 Å². The highest BCUT2D eigenvalue weighted by Crippen LogP contribution is 2.47. The average molecular weight is 306 g/mol. The van der Waals surface area contributed by atoms with Gasteiger partial charge in [-0.25, -0.2) is 0 Å². The van der Waals surface area contributed by atoms with Gasteiger partial charge in [0.2, 0.25) is 0 Å². The van der Waals surface area contributed by atoms with E-state index >= 15 is 0 Å². The van der Waals surface area contributed by atoms with Crippen LogP contribution in [0.1, 0.15) is 39.7 Å². The molecule has 0 heterocycles. The molecule has 2 rings (SSSR count). The van der Waals surface area contributed by atoms with Gasteiger partial charge < -0.3 is 0 Å². The topological polar surface area (TPSA) is 54.4 Å².